The Kier molecular flexibility index (Phi) is 4.30. The van der Waals surface area contributed by atoms with Crippen LogP contribution >= 0.6 is 0 Å². The predicted molar refractivity (Wildman–Crippen MR) is 78.5 cm³/mol. The molecule has 1 aromatic heterocycles. The molecule has 5 nitrogen and oxygen atoms in total. The normalized spacial score (nSPS) is 11.8. The molecule has 0 aliphatic heterocycles. The van der Waals surface area contributed by atoms with Gasteiger partial charge < -0.3 is 10.2 Å². The number of rotatable bonds is 4. The zero-order chi connectivity index (χ0) is 14.5. The summed E-state index contributed by atoms with van der Waals surface area (Å²) in [5.41, 5.74) is 2.49. The zero-order valence-corrected chi connectivity index (χ0v) is 11.9. The number of hydrogen-bond acceptors (Lipinski definition) is 4. The summed E-state index contributed by atoms with van der Waals surface area (Å²) < 4.78 is 0. The summed E-state index contributed by atoms with van der Waals surface area (Å²) in [4.78, 5) is 21.7. The molecule has 2 aromatic rings. The smallest absolute Gasteiger partial charge is 0.253 e. The minimum Gasteiger partial charge on any atom is -0.377 e. The Morgan fingerprint density at radius 3 is 2.45 bits per heavy atom. The van der Waals surface area contributed by atoms with Gasteiger partial charge in [0, 0.05) is 37.7 Å². The van der Waals surface area contributed by atoms with Crippen molar-refractivity contribution in [1.82, 2.24) is 14.9 Å². The summed E-state index contributed by atoms with van der Waals surface area (Å²) in [6, 6.07) is 7.47. The lowest BCUT2D eigenvalue weighted by Gasteiger charge is -2.15. The monoisotopic (exact) mass is 270 g/mol. The first-order chi connectivity index (χ1) is 9.58. The van der Waals surface area contributed by atoms with Crippen LogP contribution in [-0.4, -0.2) is 34.9 Å². The van der Waals surface area contributed by atoms with Crippen molar-refractivity contribution in [3.05, 3.63) is 54.1 Å². The number of benzene rings is 1. The lowest BCUT2D eigenvalue weighted by Crippen LogP contribution is -2.21. The van der Waals surface area contributed by atoms with Gasteiger partial charge in [0.1, 0.15) is 0 Å². The van der Waals surface area contributed by atoms with E-state index in [1.807, 2.05) is 31.2 Å². The highest BCUT2D eigenvalue weighted by Gasteiger charge is 2.09. The molecule has 0 fully saturated rings. The third-order valence-electron chi connectivity index (χ3n) is 2.95. The molecule has 104 valence electrons. The second-order valence-corrected chi connectivity index (χ2v) is 4.77. The lowest BCUT2D eigenvalue weighted by molar-refractivity contribution is 0.0827. The number of nitrogens with zero attached hydrogens (tertiary/aromatic N) is 3. The van der Waals surface area contributed by atoms with Crippen molar-refractivity contribution in [3.63, 3.8) is 0 Å². The average molecular weight is 270 g/mol. The van der Waals surface area contributed by atoms with E-state index in [0.717, 1.165) is 11.4 Å². The van der Waals surface area contributed by atoms with Crippen LogP contribution in [0.2, 0.25) is 0 Å². The Hall–Kier alpha value is -2.43. The summed E-state index contributed by atoms with van der Waals surface area (Å²) in [5, 5.41) is 3.33. The van der Waals surface area contributed by atoms with Gasteiger partial charge in [0.2, 0.25) is 0 Å². The topological polar surface area (TPSA) is 58.1 Å². The van der Waals surface area contributed by atoms with Crippen molar-refractivity contribution in [2.24, 2.45) is 0 Å². The van der Waals surface area contributed by atoms with E-state index >= 15 is 0 Å². The number of nitrogens with one attached hydrogen (secondary N) is 1. The van der Waals surface area contributed by atoms with E-state index in [1.54, 1.807) is 37.6 Å². The van der Waals surface area contributed by atoms with Crippen LogP contribution in [0.1, 0.15) is 29.0 Å². The summed E-state index contributed by atoms with van der Waals surface area (Å²) in [5.74, 6) is -0.00137. The molecular formula is C15H18N4O. The predicted octanol–water partition coefficient (Wildman–Crippen LogP) is 2.35. The van der Waals surface area contributed by atoms with Crippen molar-refractivity contribution in [1.29, 1.82) is 0 Å². The highest BCUT2D eigenvalue weighted by atomic mass is 16.2. The fraction of sp³-hybridized carbons (Fsp3) is 0.267. The molecule has 0 aliphatic rings. The summed E-state index contributed by atoms with van der Waals surface area (Å²) >= 11 is 0. The van der Waals surface area contributed by atoms with E-state index in [-0.39, 0.29) is 11.9 Å². The maximum atomic E-state index is 11.8. The molecule has 0 saturated heterocycles. The molecule has 0 spiro atoms. The minimum absolute atomic E-state index is 0.00137. The van der Waals surface area contributed by atoms with Crippen LogP contribution in [0.4, 0.5) is 5.69 Å². The number of aromatic nitrogens is 2. The van der Waals surface area contributed by atoms with Crippen LogP contribution < -0.4 is 5.32 Å². The van der Waals surface area contributed by atoms with Gasteiger partial charge >= 0.3 is 0 Å². The van der Waals surface area contributed by atoms with E-state index in [0.29, 0.717) is 5.56 Å². The van der Waals surface area contributed by atoms with Gasteiger partial charge in [-0.1, -0.05) is 0 Å². The summed E-state index contributed by atoms with van der Waals surface area (Å²) in [6.45, 7) is 2.02. The van der Waals surface area contributed by atoms with Gasteiger partial charge in [-0.05, 0) is 31.2 Å². The minimum atomic E-state index is -0.00137. The first kappa shape index (κ1) is 14.0. The Bertz CT molecular complexity index is 566. The molecule has 1 amide bonds. The molecule has 1 aromatic carbocycles. The van der Waals surface area contributed by atoms with Gasteiger partial charge in [-0.3, -0.25) is 14.8 Å². The first-order valence-electron chi connectivity index (χ1n) is 6.42. The maximum absolute atomic E-state index is 11.8. The van der Waals surface area contributed by atoms with Crippen molar-refractivity contribution in [3.8, 4) is 0 Å². The van der Waals surface area contributed by atoms with Crippen LogP contribution in [0.15, 0.2) is 42.9 Å². The van der Waals surface area contributed by atoms with Crippen LogP contribution in [0.25, 0.3) is 0 Å². The molecule has 1 heterocycles. The fourth-order valence-corrected chi connectivity index (χ4v) is 1.83. The van der Waals surface area contributed by atoms with E-state index < -0.39 is 0 Å². The maximum Gasteiger partial charge on any atom is 0.253 e. The number of anilines is 1. The molecule has 0 aliphatic carbocycles. The van der Waals surface area contributed by atoms with Gasteiger partial charge in [0.05, 0.1) is 17.9 Å². The molecule has 1 atom stereocenters. The second-order valence-electron chi connectivity index (χ2n) is 4.77. The molecule has 0 bridgehead atoms. The lowest BCUT2D eigenvalue weighted by atomic mass is 10.1. The van der Waals surface area contributed by atoms with Crippen molar-refractivity contribution in [2.45, 2.75) is 13.0 Å². The molecule has 1 N–H and O–H groups in total. The third kappa shape index (κ3) is 3.32. The highest BCUT2D eigenvalue weighted by Crippen LogP contribution is 2.17. The SMILES string of the molecule is CC(Nc1ccc(C(=O)N(C)C)cc1)c1cnccn1. The zero-order valence-electron chi connectivity index (χ0n) is 11.9. The number of hydrogen-bond donors (Lipinski definition) is 1. The van der Waals surface area contributed by atoms with Gasteiger partial charge in [-0.2, -0.15) is 0 Å². The second kappa shape index (κ2) is 6.14. The van der Waals surface area contributed by atoms with Crippen LogP contribution in [0, 0.1) is 0 Å². The molecule has 0 radical (unpaired) electrons. The third-order valence-corrected chi connectivity index (χ3v) is 2.95. The first-order valence-corrected chi connectivity index (χ1v) is 6.42. The molecular weight excluding hydrogens is 252 g/mol. The average Bonchev–Trinajstić information content (AvgIpc) is 2.48. The van der Waals surface area contributed by atoms with Gasteiger partial charge in [0.15, 0.2) is 0 Å². The number of carbonyl (C=O) groups is 1. The number of amides is 1. The van der Waals surface area contributed by atoms with Crippen LogP contribution in [-0.2, 0) is 0 Å². The highest BCUT2D eigenvalue weighted by molar-refractivity contribution is 5.94. The Morgan fingerprint density at radius 2 is 1.90 bits per heavy atom. The molecule has 0 saturated carbocycles. The van der Waals surface area contributed by atoms with Crippen molar-refractivity contribution in [2.75, 3.05) is 19.4 Å². The largest absolute Gasteiger partial charge is 0.377 e. The molecule has 1 unspecified atom stereocenters. The quantitative estimate of drug-likeness (QED) is 0.926. The van der Waals surface area contributed by atoms with Crippen LogP contribution in [0.3, 0.4) is 0 Å². The Balaban J connectivity index is 2.06. The van der Waals surface area contributed by atoms with Gasteiger partial charge in [-0.25, -0.2) is 0 Å². The Morgan fingerprint density at radius 1 is 1.20 bits per heavy atom. The summed E-state index contributed by atoms with van der Waals surface area (Å²) in [7, 11) is 3.48. The molecule has 20 heavy (non-hydrogen) atoms. The van der Waals surface area contributed by atoms with E-state index in [2.05, 4.69) is 15.3 Å². The Labute approximate surface area is 118 Å². The van der Waals surface area contributed by atoms with E-state index in [9.17, 15) is 4.79 Å². The number of carbonyl (C=O) groups excluding carboxylic acids is 1. The molecule has 2 rings (SSSR count). The van der Waals surface area contributed by atoms with Gasteiger partial charge in [0.25, 0.3) is 5.91 Å². The standard InChI is InChI=1S/C15H18N4O/c1-11(14-10-16-8-9-17-14)18-13-6-4-12(5-7-13)15(20)19(2)3/h4-11,18H,1-3H3. The van der Waals surface area contributed by atoms with E-state index in [4.69, 9.17) is 0 Å². The summed E-state index contributed by atoms with van der Waals surface area (Å²) in [6.07, 6.45) is 5.06. The van der Waals surface area contributed by atoms with Crippen molar-refractivity contribution < 1.29 is 4.79 Å². The van der Waals surface area contributed by atoms with E-state index in [1.165, 1.54) is 0 Å². The van der Waals surface area contributed by atoms with Gasteiger partial charge in [-0.15, -0.1) is 0 Å². The van der Waals surface area contributed by atoms with Crippen molar-refractivity contribution >= 4 is 11.6 Å². The van der Waals surface area contributed by atoms with Crippen LogP contribution in [0.5, 0.6) is 0 Å². The fourth-order valence-electron chi connectivity index (χ4n) is 1.83. The molecule has 5 heteroatoms.